The van der Waals surface area contributed by atoms with Crippen molar-refractivity contribution in [3.8, 4) is 5.75 Å². The van der Waals surface area contributed by atoms with Crippen LogP contribution in [0, 0.1) is 0 Å². The molecule has 21 heavy (non-hydrogen) atoms. The van der Waals surface area contributed by atoms with Crippen molar-refractivity contribution < 1.29 is 24.0 Å². The van der Waals surface area contributed by atoms with Gasteiger partial charge in [-0.15, -0.1) is 0 Å². The lowest BCUT2D eigenvalue weighted by molar-refractivity contribution is -0.908. The first-order valence-corrected chi connectivity index (χ1v) is 6.80. The van der Waals surface area contributed by atoms with Crippen molar-refractivity contribution in [2.24, 2.45) is 0 Å². The van der Waals surface area contributed by atoms with Crippen LogP contribution < -0.4 is 15.0 Å². The van der Waals surface area contributed by atoms with Crippen LogP contribution in [0.1, 0.15) is 12.5 Å². The number of hydrogen-bond donors (Lipinski definition) is 2. The Kier molecular flexibility index (Phi) is 6.45. The summed E-state index contributed by atoms with van der Waals surface area (Å²) in [7, 11) is 4.64. The Balaban J connectivity index is 2.76. The molecule has 6 nitrogen and oxygen atoms in total. The summed E-state index contributed by atoms with van der Waals surface area (Å²) in [5, 5.41) is 2.76. The van der Waals surface area contributed by atoms with Crippen molar-refractivity contribution in [2.75, 3.05) is 21.3 Å². The minimum absolute atomic E-state index is 0.402. The highest BCUT2D eigenvalue weighted by molar-refractivity contribution is 6.30. The predicted molar refractivity (Wildman–Crippen MR) is 78.6 cm³/mol. The molecule has 0 saturated carbocycles. The van der Waals surface area contributed by atoms with E-state index < -0.39 is 18.0 Å². The van der Waals surface area contributed by atoms with E-state index in [4.69, 9.17) is 16.3 Å². The van der Waals surface area contributed by atoms with E-state index in [2.05, 4.69) is 10.1 Å². The summed E-state index contributed by atoms with van der Waals surface area (Å²) in [5.41, 5.74) is 0.889. The van der Waals surface area contributed by atoms with E-state index in [0.29, 0.717) is 17.3 Å². The molecule has 0 spiro atoms. The second-order valence-electron chi connectivity index (χ2n) is 4.68. The number of alkyl carbamates (subject to hydrolysis) is 1. The molecule has 0 aliphatic heterocycles. The van der Waals surface area contributed by atoms with Crippen molar-refractivity contribution >= 4 is 23.6 Å². The first kappa shape index (κ1) is 17.3. The number of nitrogens with one attached hydrogen (secondary N) is 2. The molecule has 0 saturated heterocycles. The number of benzene rings is 1. The Labute approximate surface area is 129 Å². The third kappa shape index (κ3) is 4.91. The number of hydrogen-bond acceptors (Lipinski definition) is 4. The van der Waals surface area contributed by atoms with Crippen molar-refractivity contribution in [1.82, 2.24) is 5.32 Å². The molecule has 0 aliphatic rings. The van der Waals surface area contributed by atoms with E-state index in [1.807, 2.05) is 7.05 Å². The average Bonchev–Trinajstić information content (AvgIpc) is 2.46. The Bertz CT molecular complexity index is 522. The summed E-state index contributed by atoms with van der Waals surface area (Å²) in [5.74, 6) is 0.305. The van der Waals surface area contributed by atoms with E-state index in [9.17, 15) is 9.59 Å². The molecule has 0 radical (unpaired) electrons. The maximum atomic E-state index is 11.9. The second kappa shape index (κ2) is 7.85. The van der Waals surface area contributed by atoms with Gasteiger partial charge in [0.25, 0.3) is 5.91 Å². The van der Waals surface area contributed by atoms with Crippen LogP contribution in [0.15, 0.2) is 18.2 Å². The van der Waals surface area contributed by atoms with E-state index in [0.717, 1.165) is 10.5 Å². The van der Waals surface area contributed by atoms with E-state index in [1.54, 1.807) is 32.2 Å². The van der Waals surface area contributed by atoms with E-state index >= 15 is 0 Å². The van der Waals surface area contributed by atoms with Crippen molar-refractivity contribution in [2.45, 2.75) is 19.5 Å². The zero-order valence-electron chi connectivity index (χ0n) is 12.5. The molecule has 1 rings (SSSR count). The number of quaternary nitrogens is 1. The van der Waals surface area contributed by atoms with Gasteiger partial charge in [0.15, 0.2) is 6.04 Å². The fourth-order valence-electron chi connectivity index (χ4n) is 1.82. The lowest BCUT2D eigenvalue weighted by Gasteiger charge is -2.21. The number of imide groups is 1. The number of carbonyl (C=O) groups excluding carboxylic acids is 2. The highest BCUT2D eigenvalue weighted by Gasteiger charge is 2.24. The third-order valence-corrected chi connectivity index (χ3v) is 3.49. The van der Waals surface area contributed by atoms with Gasteiger partial charge < -0.3 is 14.4 Å². The van der Waals surface area contributed by atoms with Gasteiger partial charge in [-0.3, -0.25) is 10.1 Å². The van der Waals surface area contributed by atoms with Gasteiger partial charge in [0, 0.05) is 10.6 Å². The van der Waals surface area contributed by atoms with Crippen LogP contribution in [-0.2, 0) is 16.1 Å². The summed E-state index contributed by atoms with van der Waals surface area (Å²) >= 11 is 5.98. The Hall–Kier alpha value is -1.79. The Morgan fingerprint density at radius 3 is 2.62 bits per heavy atom. The lowest BCUT2D eigenvalue weighted by atomic mass is 10.1. The molecule has 0 aliphatic carbocycles. The summed E-state index contributed by atoms with van der Waals surface area (Å²) < 4.78 is 9.68. The largest absolute Gasteiger partial charge is 0.496 e. The quantitative estimate of drug-likeness (QED) is 0.836. The zero-order chi connectivity index (χ0) is 16.0. The number of likely N-dealkylation sites (N-methyl/N-ethyl adjacent to an activating group) is 1. The summed E-state index contributed by atoms with van der Waals surface area (Å²) in [4.78, 5) is 23.8. The molecule has 2 amide bonds. The second-order valence-corrected chi connectivity index (χ2v) is 5.12. The van der Waals surface area contributed by atoms with Gasteiger partial charge in [0.1, 0.15) is 12.3 Å². The van der Waals surface area contributed by atoms with Gasteiger partial charge in [-0.25, -0.2) is 4.79 Å². The van der Waals surface area contributed by atoms with Crippen LogP contribution in [0.5, 0.6) is 5.75 Å². The molecule has 0 fully saturated rings. The molecule has 1 aromatic carbocycles. The Morgan fingerprint density at radius 1 is 1.38 bits per heavy atom. The van der Waals surface area contributed by atoms with Crippen LogP contribution in [0.2, 0.25) is 5.02 Å². The van der Waals surface area contributed by atoms with Crippen LogP contribution >= 0.6 is 11.6 Å². The van der Waals surface area contributed by atoms with Crippen molar-refractivity contribution in [3.05, 3.63) is 28.8 Å². The number of amides is 2. The molecule has 7 heteroatoms. The summed E-state index contributed by atoms with van der Waals surface area (Å²) in [6.07, 6.45) is -0.764. The normalized spacial score (nSPS) is 13.2. The molecule has 2 atom stereocenters. The molecule has 116 valence electrons. The predicted octanol–water partition coefficient (Wildman–Crippen LogP) is 0.634. The van der Waals surface area contributed by atoms with Gasteiger partial charge in [-0.05, 0) is 25.1 Å². The highest BCUT2D eigenvalue weighted by atomic mass is 35.5. The fraction of sp³-hybridized carbons (Fsp3) is 0.429. The SMILES string of the molecule is COC(=O)NC(=O)[C@H](C)[NH+](C)Cc1cc(Cl)ccc1OC. The molecular weight excluding hydrogens is 296 g/mol. The molecule has 0 aromatic heterocycles. The monoisotopic (exact) mass is 315 g/mol. The molecule has 0 heterocycles. The topological polar surface area (TPSA) is 69.1 Å². The number of methoxy groups -OCH3 is 2. The van der Waals surface area contributed by atoms with E-state index in [-0.39, 0.29) is 0 Å². The lowest BCUT2D eigenvalue weighted by Crippen LogP contribution is -3.12. The molecule has 0 bridgehead atoms. The van der Waals surface area contributed by atoms with Crippen LogP contribution in [-0.4, -0.2) is 39.3 Å². The zero-order valence-corrected chi connectivity index (χ0v) is 13.3. The molecular formula is C14H20ClN2O4+. The number of carbonyl (C=O) groups is 2. The van der Waals surface area contributed by atoms with Gasteiger partial charge in [0.05, 0.1) is 21.3 Å². The summed E-state index contributed by atoms with van der Waals surface area (Å²) in [6, 6.07) is 4.89. The first-order valence-electron chi connectivity index (χ1n) is 6.42. The van der Waals surface area contributed by atoms with Crippen molar-refractivity contribution in [3.63, 3.8) is 0 Å². The van der Waals surface area contributed by atoms with Gasteiger partial charge in [-0.2, -0.15) is 0 Å². The third-order valence-electron chi connectivity index (χ3n) is 3.25. The molecule has 2 N–H and O–H groups in total. The van der Waals surface area contributed by atoms with Crippen LogP contribution in [0.4, 0.5) is 4.79 Å². The average molecular weight is 316 g/mol. The Morgan fingerprint density at radius 2 is 2.05 bits per heavy atom. The first-order chi connectivity index (χ1) is 9.88. The van der Waals surface area contributed by atoms with Crippen LogP contribution in [0.25, 0.3) is 0 Å². The number of rotatable bonds is 5. The summed E-state index contributed by atoms with van der Waals surface area (Å²) in [6.45, 7) is 2.25. The standard InChI is InChI=1S/C14H19ClN2O4/c1-9(13(18)16-14(19)21-4)17(2)8-10-7-11(15)5-6-12(10)20-3/h5-7,9H,8H2,1-4H3,(H,16,18,19)/p+1/t9-/m0/s1. The maximum Gasteiger partial charge on any atom is 0.413 e. The van der Waals surface area contributed by atoms with Gasteiger partial charge >= 0.3 is 6.09 Å². The maximum absolute atomic E-state index is 11.9. The molecule has 1 unspecified atom stereocenters. The fourth-order valence-corrected chi connectivity index (χ4v) is 2.02. The van der Waals surface area contributed by atoms with Crippen LogP contribution in [0.3, 0.4) is 0 Å². The van der Waals surface area contributed by atoms with Gasteiger partial charge in [0.2, 0.25) is 0 Å². The minimum atomic E-state index is -0.764. The van der Waals surface area contributed by atoms with Crippen molar-refractivity contribution in [1.29, 1.82) is 0 Å². The van der Waals surface area contributed by atoms with Gasteiger partial charge in [-0.1, -0.05) is 11.6 Å². The smallest absolute Gasteiger partial charge is 0.413 e. The van der Waals surface area contributed by atoms with E-state index in [1.165, 1.54) is 7.11 Å². The minimum Gasteiger partial charge on any atom is -0.496 e. The highest BCUT2D eigenvalue weighted by Crippen LogP contribution is 2.21. The number of ether oxygens (including phenoxy) is 2. The molecule has 1 aromatic rings. The number of halogens is 1.